The predicted molar refractivity (Wildman–Crippen MR) is 117 cm³/mol. The fourth-order valence-corrected chi connectivity index (χ4v) is 4.12. The normalized spacial score (nSPS) is 12.2. The Morgan fingerprint density at radius 3 is 2.22 bits per heavy atom. The Morgan fingerprint density at radius 1 is 0.875 bits per heavy atom. The predicted octanol–water partition coefficient (Wildman–Crippen LogP) is 6.42. The molecule has 0 unspecified atom stereocenters. The van der Waals surface area contributed by atoms with Crippen molar-refractivity contribution in [2.24, 2.45) is 0 Å². The van der Waals surface area contributed by atoms with E-state index >= 15 is 0 Å². The molecule has 0 bridgehead atoms. The maximum absolute atomic E-state index is 13.4. The largest absolute Gasteiger partial charge is 0.457 e. The number of nitrogens with zero attached hydrogens (tertiary/aromatic N) is 1. The van der Waals surface area contributed by atoms with Crippen molar-refractivity contribution in [3.63, 3.8) is 0 Å². The molecule has 3 aromatic carbocycles. The highest BCUT2D eigenvalue weighted by molar-refractivity contribution is 7.90. The van der Waals surface area contributed by atoms with Crippen LogP contribution in [0.15, 0.2) is 77.8 Å². The van der Waals surface area contributed by atoms with Crippen LogP contribution >= 0.6 is 0 Å². The summed E-state index contributed by atoms with van der Waals surface area (Å²) in [6, 6.07) is 17.0. The zero-order valence-electron chi connectivity index (χ0n) is 17.1. The first-order valence-corrected chi connectivity index (χ1v) is 11.5. The first-order chi connectivity index (χ1) is 15.0. The van der Waals surface area contributed by atoms with Gasteiger partial charge in [0.05, 0.1) is 16.0 Å². The zero-order chi connectivity index (χ0) is 23.1. The molecule has 4 nitrogen and oxygen atoms in total. The molecule has 1 aromatic heterocycles. The monoisotopic (exact) mass is 457 g/mol. The molecular formula is C24H18F3NO3S. The summed E-state index contributed by atoms with van der Waals surface area (Å²) in [5.41, 5.74) is 1.28. The van der Waals surface area contributed by atoms with Crippen LogP contribution in [0.25, 0.3) is 22.0 Å². The van der Waals surface area contributed by atoms with Crippen LogP contribution in [0.5, 0.6) is 11.5 Å². The molecule has 0 aliphatic heterocycles. The van der Waals surface area contributed by atoms with E-state index < -0.39 is 21.6 Å². The summed E-state index contributed by atoms with van der Waals surface area (Å²) >= 11 is 0. The molecule has 0 spiro atoms. The molecule has 0 aliphatic rings. The van der Waals surface area contributed by atoms with Gasteiger partial charge in [0.15, 0.2) is 9.84 Å². The lowest BCUT2D eigenvalue weighted by Gasteiger charge is -2.15. The number of sulfone groups is 1. The van der Waals surface area contributed by atoms with Crippen LogP contribution < -0.4 is 4.74 Å². The van der Waals surface area contributed by atoms with Crippen LogP contribution in [-0.4, -0.2) is 19.7 Å². The SMILES string of the molecule is Cc1ccc(Oc2ccc(S(C)(=O)=O)cc2)cc1-c1ccnc2c(C(F)(F)F)cccc12. The van der Waals surface area contributed by atoms with E-state index in [2.05, 4.69) is 4.98 Å². The summed E-state index contributed by atoms with van der Waals surface area (Å²) in [6.45, 7) is 1.86. The second-order valence-corrected chi connectivity index (χ2v) is 9.40. The van der Waals surface area contributed by atoms with Gasteiger partial charge in [-0.25, -0.2) is 8.42 Å². The quantitative estimate of drug-likeness (QED) is 0.355. The average molecular weight is 457 g/mol. The van der Waals surface area contributed by atoms with E-state index in [9.17, 15) is 21.6 Å². The maximum atomic E-state index is 13.4. The van der Waals surface area contributed by atoms with E-state index in [4.69, 9.17) is 4.74 Å². The van der Waals surface area contributed by atoms with Crippen LogP contribution in [0.1, 0.15) is 11.1 Å². The maximum Gasteiger partial charge on any atom is 0.418 e. The van der Waals surface area contributed by atoms with Crippen LogP contribution in [0.4, 0.5) is 13.2 Å². The number of alkyl halides is 3. The summed E-state index contributed by atoms with van der Waals surface area (Å²) in [7, 11) is -3.32. The van der Waals surface area contributed by atoms with Gasteiger partial charge in [-0.2, -0.15) is 13.2 Å². The number of para-hydroxylation sites is 1. The van der Waals surface area contributed by atoms with Crippen LogP contribution in [0, 0.1) is 6.92 Å². The highest BCUT2D eigenvalue weighted by atomic mass is 32.2. The number of fused-ring (bicyclic) bond motifs is 1. The smallest absolute Gasteiger partial charge is 0.418 e. The summed E-state index contributed by atoms with van der Waals surface area (Å²) in [5.74, 6) is 0.904. The van der Waals surface area contributed by atoms with Crippen molar-refractivity contribution in [2.45, 2.75) is 18.0 Å². The fourth-order valence-electron chi connectivity index (χ4n) is 3.49. The summed E-state index contributed by atoms with van der Waals surface area (Å²) < 4.78 is 69.4. The number of hydrogen-bond acceptors (Lipinski definition) is 4. The molecule has 4 rings (SSSR count). The second-order valence-electron chi connectivity index (χ2n) is 7.38. The van der Waals surface area contributed by atoms with E-state index in [0.29, 0.717) is 28.0 Å². The molecule has 0 aliphatic carbocycles. The van der Waals surface area contributed by atoms with E-state index in [1.54, 1.807) is 36.4 Å². The van der Waals surface area contributed by atoms with Gasteiger partial charge in [0, 0.05) is 17.8 Å². The average Bonchev–Trinajstić information content (AvgIpc) is 2.73. The Labute approximate surface area is 183 Å². The van der Waals surface area contributed by atoms with Crippen molar-refractivity contribution in [2.75, 3.05) is 6.26 Å². The number of hydrogen-bond donors (Lipinski definition) is 0. The molecule has 1 heterocycles. The molecule has 0 fully saturated rings. The van der Waals surface area contributed by atoms with Crippen molar-refractivity contribution >= 4 is 20.7 Å². The lowest BCUT2D eigenvalue weighted by molar-refractivity contribution is -0.136. The second kappa shape index (κ2) is 7.94. The summed E-state index contributed by atoms with van der Waals surface area (Å²) in [4.78, 5) is 4.16. The highest BCUT2D eigenvalue weighted by Gasteiger charge is 2.33. The Balaban J connectivity index is 1.76. The molecule has 0 saturated heterocycles. The van der Waals surface area contributed by atoms with Gasteiger partial charge in [0.1, 0.15) is 11.5 Å². The topological polar surface area (TPSA) is 56.3 Å². The number of ether oxygens (including phenoxy) is 1. The van der Waals surface area contributed by atoms with Crippen molar-refractivity contribution in [3.8, 4) is 22.6 Å². The number of rotatable bonds is 4. The van der Waals surface area contributed by atoms with Gasteiger partial charge < -0.3 is 4.74 Å². The zero-order valence-corrected chi connectivity index (χ0v) is 18.0. The number of pyridine rings is 1. The lowest BCUT2D eigenvalue weighted by atomic mass is 9.96. The molecule has 0 atom stereocenters. The van der Waals surface area contributed by atoms with Crippen LogP contribution in [-0.2, 0) is 16.0 Å². The van der Waals surface area contributed by atoms with Gasteiger partial charge in [-0.1, -0.05) is 18.2 Å². The molecule has 32 heavy (non-hydrogen) atoms. The van der Waals surface area contributed by atoms with Crippen molar-refractivity contribution in [3.05, 3.63) is 84.1 Å². The van der Waals surface area contributed by atoms with Gasteiger partial charge in [-0.05, 0) is 72.1 Å². The first kappa shape index (κ1) is 21.8. The minimum absolute atomic E-state index is 0.111. The third-order valence-corrected chi connectivity index (χ3v) is 6.19. The van der Waals surface area contributed by atoms with E-state index in [1.165, 1.54) is 24.4 Å². The number of aryl methyl sites for hydroxylation is 1. The van der Waals surface area contributed by atoms with Crippen molar-refractivity contribution < 1.29 is 26.3 Å². The Hall–Kier alpha value is -3.39. The highest BCUT2D eigenvalue weighted by Crippen LogP contribution is 2.38. The van der Waals surface area contributed by atoms with Crippen LogP contribution in [0.3, 0.4) is 0 Å². The molecule has 0 saturated carbocycles. The van der Waals surface area contributed by atoms with Gasteiger partial charge in [0.2, 0.25) is 0 Å². The Bertz CT molecular complexity index is 1410. The molecular weight excluding hydrogens is 439 g/mol. The molecule has 4 aromatic rings. The van der Waals surface area contributed by atoms with Gasteiger partial charge in [-0.15, -0.1) is 0 Å². The van der Waals surface area contributed by atoms with Gasteiger partial charge >= 0.3 is 6.18 Å². The number of benzene rings is 3. The Kier molecular flexibility index (Phi) is 5.42. The molecule has 0 radical (unpaired) electrons. The van der Waals surface area contributed by atoms with E-state index in [1.807, 2.05) is 13.0 Å². The third kappa shape index (κ3) is 4.31. The lowest BCUT2D eigenvalue weighted by Crippen LogP contribution is -2.06. The van der Waals surface area contributed by atoms with Gasteiger partial charge in [0.25, 0.3) is 0 Å². The number of aromatic nitrogens is 1. The molecule has 0 N–H and O–H groups in total. The van der Waals surface area contributed by atoms with E-state index in [-0.39, 0.29) is 10.4 Å². The van der Waals surface area contributed by atoms with Gasteiger partial charge in [-0.3, -0.25) is 4.98 Å². The van der Waals surface area contributed by atoms with Crippen molar-refractivity contribution in [1.82, 2.24) is 4.98 Å². The molecule has 0 amide bonds. The summed E-state index contributed by atoms with van der Waals surface area (Å²) in [6.07, 6.45) is -2.02. The standard InChI is InChI=1S/C24H18F3NO3S/c1-15-6-7-17(31-16-8-10-18(11-9-16)32(2,29)30)14-21(15)19-12-13-28-23-20(19)4-3-5-22(23)24(25,26)27/h3-14H,1-2H3. The first-order valence-electron chi connectivity index (χ1n) is 9.58. The van der Waals surface area contributed by atoms with Crippen LogP contribution in [0.2, 0.25) is 0 Å². The molecule has 8 heteroatoms. The summed E-state index contributed by atoms with van der Waals surface area (Å²) in [5, 5.41) is 0.389. The minimum atomic E-state index is -4.51. The number of halogens is 3. The third-order valence-electron chi connectivity index (χ3n) is 5.06. The van der Waals surface area contributed by atoms with E-state index in [0.717, 1.165) is 17.9 Å². The fraction of sp³-hybridized carbons (Fsp3) is 0.125. The molecule has 164 valence electrons. The Morgan fingerprint density at radius 2 is 1.56 bits per heavy atom. The van der Waals surface area contributed by atoms with Crippen molar-refractivity contribution in [1.29, 1.82) is 0 Å². The minimum Gasteiger partial charge on any atom is -0.457 e.